The van der Waals surface area contributed by atoms with Gasteiger partial charge in [-0.15, -0.1) is 0 Å². The van der Waals surface area contributed by atoms with E-state index in [4.69, 9.17) is 9.94 Å². The predicted octanol–water partition coefficient (Wildman–Crippen LogP) is 3.26. The minimum absolute atomic E-state index is 0.213. The average Bonchev–Trinajstić information content (AvgIpc) is 3.11. The number of aliphatic hydroxyl groups is 1. The molecule has 0 aliphatic carbocycles. The Morgan fingerprint density at radius 3 is 2.47 bits per heavy atom. The van der Waals surface area contributed by atoms with Gasteiger partial charge in [-0.25, -0.2) is 5.48 Å². The number of fused-ring (bicyclic) bond motifs is 3. The molecule has 0 radical (unpaired) electrons. The van der Waals surface area contributed by atoms with E-state index in [-0.39, 0.29) is 6.61 Å². The Balaban J connectivity index is 1.71. The van der Waals surface area contributed by atoms with Crippen molar-refractivity contribution in [1.29, 1.82) is 0 Å². The van der Waals surface area contributed by atoms with Crippen LogP contribution < -0.4 is 10.2 Å². The third-order valence-electron chi connectivity index (χ3n) is 5.42. The second kappa shape index (κ2) is 9.40. The molecular formula is C25H27N3O4. The summed E-state index contributed by atoms with van der Waals surface area (Å²) in [5.74, 6) is 0.205. The molecule has 1 aromatic heterocycles. The van der Waals surface area contributed by atoms with E-state index in [1.165, 1.54) is 0 Å². The summed E-state index contributed by atoms with van der Waals surface area (Å²) in [4.78, 5) is 13.5. The highest BCUT2D eigenvalue weighted by molar-refractivity contribution is 6.11. The molecule has 0 saturated carbocycles. The Morgan fingerprint density at radius 2 is 1.75 bits per heavy atom. The number of rotatable bonds is 8. The normalized spacial score (nSPS) is 12.4. The third kappa shape index (κ3) is 4.45. The van der Waals surface area contributed by atoms with Gasteiger partial charge >= 0.3 is 0 Å². The molecule has 1 atom stereocenters. The quantitative estimate of drug-likeness (QED) is 0.293. The molecule has 7 heteroatoms. The molecule has 0 saturated heterocycles. The zero-order valence-corrected chi connectivity index (χ0v) is 18.2. The number of likely N-dealkylation sites (N-methyl/N-ethyl adjacent to an activating group) is 1. The first kappa shape index (κ1) is 21.8. The van der Waals surface area contributed by atoms with Crippen LogP contribution in [0.25, 0.3) is 21.8 Å². The molecule has 1 unspecified atom stereocenters. The van der Waals surface area contributed by atoms with E-state index in [2.05, 4.69) is 22.8 Å². The first-order valence-corrected chi connectivity index (χ1v) is 10.5. The number of hydrogen-bond acceptors (Lipinski definition) is 5. The zero-order valence-electron chi connectivity index (χ0n) is 18.2. The SMILES string of the molecule is CN(C)CC(O)COc1cccc2c1c1ccccc1n2Cc1ccc(C(=O)NO)cc1. The summed E-state index contributed by atoms with van der Waals surface area (Å²) in [7, 11) is 3.83. The Hall–Kier alpha value is -3.39. The van der Waals surface area contributed by atoms with E-state index in [0.29, 0.717) is 18.7 Å². The molecular weight excluding hydrogens is 406 g/mol. The number of hydroxylamine groups is 1. The number of nitrogens with zero attached hydrogens (tertiary/aromatic N) is 2. The fourth-order valence-corrected chi connectivity index (χ4v) is 4.02. The van der Waals surface area contributed by atoms with Crippen LogP contribution in [0.2, 0.25) is 0 Å². The summed E-state index contributed by atoms with van der Waals surface area (Å²) in [6.07, 6.45) is -0.580. The first-order valence-electron chi connectivity index (χ1n) is 10.5. The van der Waals surface area contributed by atoms with Crippen LogP contribution in [0.1, 0.15) is 15.9 Å². The third-order valence-corrected chi connectivity index (χ3v) is 5.42. The number of nitrogens with one attached hydrogen (secondary N) is 1. The molecule has 32 heavy (non-hydrogen) atoms. The van der Waals surface area contributed by atoms with Crippen LogP contribution in [0.4, 0.5) is 0 Å². The van der Waals surface area contributed by atoms with E-state index in [9.17, 15) is 9.90 Å². The number of benzene rings is 3. The Morgan fingerprint density at radius 1 is 1.03 bits per heavy atom. The Kier molecular flexibility index (Phi) is 6.41. The number of carbonyl (C=O) groups excluding carboxylic acids is 1. The van der Waals surface area contributed by atoms with Crippen molar-refractivity contribution in [3.63, 3.8) is 0 Å². The van der Waals surface area contributed by atoms with E-state index in [1.54, 1.807) is 17.6 Å². The summed E-state index contributed by atoms with van der Waals surface area (Å²) in [6, 6.07) is 21.3. The molecule has 3 aromatic carbocycles. The molecule has 0 bridgehead atoms. The molecule has 0 aliphatic heterocycles. The van der Waals surface area contributed by atoms with Crippen LogP contribution in [0.3, 0.4) is 0 Å². The molecule has 1 amide bonds. The smallest absolute Gasteiger partial charge is 0.274 e. The standard InChI is InChI=1S/C25H27N3O4/c1-27(2)15-19(29)16-32-23-9-5-8-22-24(23)20-6-3-4-7-21(20)28(22)14-17-10-12-18(13-11-17)25(30)26-31/h3-13,19,29,31H,14-16H2,1-2H3,(H,26,30). The molecule has 0 aliphatic rings. The Bertz CT molecular complexity index is 1230. The minimum atomic E-state index is -0.580. The minimum Gasteiger partial charge on any atom is -0.490 e. The molecule has 4 aromatic rings. The average molecular weight is 434 g/mol. The summed E-state index contributed by atoms with van der Waals surface area (Å²) in [5.41, 5.74) is 5.17. The van der Waals surface area contributed by atoms with Gasteiger partial charge in [-0.1, -0.05) is 36.4 Å². The van der Waals surface area contributed by atoms with Crippen molar-refractivity contribution >= 4 is 27.7 Å². The summed E-state index contributed by atoms with van der Waals surface area (Å²) >= 11 is 0. The predicted molar refractivity (Wildman–Crippen MR) is 124 cm³/mol. The number of ether oxygens (including phenoxy) is 1. The Labute approximate surface area is 186 Å². The van der Waals surface area contributed by atoms with Crippen molar-refractivity contribution in [1.82, 2.24) is 14.9 Å². The van der Waals surface area contributed by atoms with Crippen LogP contribution in [0.5, 0.6) is 5.75 Å². The van der Waals surface area contributed by atoms with Crippen molar-refractivity contribution in [2.75, 3.05) is 27.2 Å². The number of aromatic nitrogens is 1. The van der Waals surface area contributed by atoms with Crippen LogP contribution in [0, 0.1) is 0 Å². The molecule has 0 fully saturated rings. The van der Waals surface area contributed by atoms with Gasteiger partial charge in [0.1, 0.15) is 18.5 Å². The van der Waals surface area contributed by atoms with E-state index < -0.39 is 12.0 Å². The second-order valence-electron chi connectivity index (χ2n) is 8.12. The molecule has 0 spiro atoms. The van der Waals surface area contributed by atoms with Crippen LogP contribution in [-0.4, -0.2) is 59.0 Å². The fourth-order valence-electron chi connectivity index (χ4n) is 4.02. The molecule has 1 heterocycles. The maximum absolute atomic E-state index is 11.6. The van der Waals surface area contributed by atoms with Gasteiger partial charge in [0.15, 0.2) is 0 Å². The number of carbonyl (C=O) groups is 1. The maximum Gasteiger partial charge on any atom is 0.274 e. The van der Waals surface area contributed by atoms with Gasteiger partial charge in [0, 0.05) is 34.9 Å². The molecule has 166 valence electrons. The van der Waals surface area contributed by atoms with Crippen molar-refractivity contribution < 1.29 is 19.8 Å². The van der Waals surface area contributed by atoms with Crippen LogP contribution in [0.15, 0.2) is 66.7 Å². The van der Waals surface area contributed by atoms with Crippen LogP contribution >= 0.6 is 0 Å². The highest BCUT2D eigenvalue weighted by atomic mass is 16.5. The van der Waals surface area contributed by atoms with E-state index in [0.717, 1.165) is 33.1 Å². The second-order valence-corrected chi connectivity index (χ2v) is 8.12. The van der Waals surface area contributed by atoms with Crippen LogP contribution in [-0.2, 0) is 6.54 Å². The summed E-state index contributed by atoms with van der Waals surface area (Å²) in [6.45, 7) is 1.35. The monoisotopic (exact) mass is 433 g/mol. The van der Waals surface area contributed by atoms with Gasteiger partial charge in [0.2, 0.25) is 0 Å². The maximum atomic E-state index is 11.6. The summed E-state index contributed by atoms with van der Waals surface area (Å²) < 4.78 is 8.27. The lowest BCUT2D eigenvalue weighted by molar-refractivity contribution is 0.0706. The molecule has 3 N–H and O–H groups in total. The fraction of sp³-hybridized carbons (Fsp3) is 0.240. The highest BCUT2D eigenvalue weighted by Gasteiger charge is 2.16. The highest BCUT2D eigenvalue weighted by Crippen LogP contribution is 2.36. The number of para-hydroxylation sites is 1. The van der Waals surface area contributed by atoms with Gasteiger partial charge in [-0.2, -0.15) is 0 Å². The van der Waals surface area contributed by atoms with Gasteiger partial charge in [-0.05, 0) is 50.0 Å². The van der Waals surface area contributed by atoms with Crippen molar-refractivity contribution in [3.8, 4) is 5.75 Å². The van der Waals surface area contributed by atoms with Gasteiger partial charge in [0.05, 0.1) is 5.52 Å². The van der Waals surface area contributed by atoms with Crippen molar-refractivity contribution in [2.24, 2.45) is 0 Å². The number of amides is 1. The number of hydrogen-bond donors (Lipinski definition) is 3. The molecule has 4 rings (SSSR count). The van der Waals surface area contributed by atoms with E-state index >= 15 is 0 Å². The largest absolute Gasteiger partial charge is 0.490 e. The lowest BCUT2D eigenvalue weighted by Gasteiger charge is -2.17. The first-order chi connectivity index (χ1) is 15.5. The number of aliphatic hydroxyl groups excluding tert-OH is 1. The van der Waals surface area contributed by atoms with Gasteiger partial charge in [-0.3, -0.25) is 10.0 Å². The lowest BCUT2D eigenvalue weighted by Crippen LogP contribution is -2.30. The van der Waals surface area contributed by atoms with Gasteiger partial charge in [0.25, 0.3) is 5.91 Å². The lowest BCUT2D eigenvalue weighted by atomic mass is 10.1. The topological polar surface area (TPSA) is 87.0 Å². The van der Waals surface area contributed by atoms with E-state index in [1.807, 2.05) is 55.4 Å². The zero-order chi connectivity index (χ0) is 22.7. The van der Waals surface area contributed by atoms with Crippen molar-refractivity contribution in [2.45, 2.75) is 12.6 Å². The van der Waals surface area contributed by atoms with Gasteiger partial charge < -0.3 is 19.3 Å². The molecule has 7 nitrogen and oxygen atoms in total. The van der Waals surface area contributed by atoms with Crippen molar-refractivity contribution in [3.05, 3.63) is 77.9 Å². The summed E-state index contributed by atoms with van der Waals surface area (Å²) in [5, 5.41) is 21.1.